The maximum absolute atomic E-state index is 12.3. The van der Waals surface area contributed by atoms with Crippen LogP contribution in [0.25, 0.3) is 0 Å². The zero-order chi connectivity index (χ0) is 23.0. The second kappa shape index (κ2) is 9.79. The van der Waals surface area contributed by atoms with Gasteiger partial charge in [-0.25, -0.2) is 5.48 Å². The molecule has 0 aliphatic heterocycles. The molecule has 8 atom stereocenters. The molecule has 0 radical (unpaired) electrons. The Morgan fingerprint density at radius 2 is 1.81 bits per heavy atom. The molecule has 0 aromatic heterocycles. The van der Waals surface area contributed by atoms with E-state index in [1.807, 2.05) is 0 Å². The van der Waals surface area contributed by atoms with Gasteiger partial charge in [-0.2, -0.15) is 0 Å². The van der Waals surface area contributed by atoms with Crippen molar-refractivity contribution in [3.05, 3.63) is 0 Å². The number of nitrogens with two attached hydrogens (primary N) is 1. The van der Waals surface area contributed by atoms with Crippen molar-refractivity contribution < 1.29 is 14.7 Å². The largest absolute Gasteiger partial charge is 0.389 e. The molecule has 3 unspecified atom stereocenters. The maximum atomic E-state index is 12.3. The molecule has 6 nitrogen and oxygen atoms in total. The molecular formula is C26H49N3O3. The predicted octanol–water partition coefficient (Wildman–Crippen LogP) is 3.19. The van der Waals surface area contributed by atoms with Gasteiger partial charge in [0.25, 0.3) is 0 Å². The third-order valence-corrected chi connectivity index (χ3v) is 10.5. The van der Waals surface area contributed by atoms with Crippen molar-refractivity contribution in [2.24, 2.45) is 40.2 Å². The van der Waals surface area contributed by atoms with Crippen LogP contribution in [0.4, 0.5) is 0 Å². The van der Waals surface area contributed by atoms with Gasteiger partial charge < -0.3 is 25.3 Å². The lowest BCUT2D eigenvalue weighted by atomic mass is 9.43. The third-order valence-electron chi connectivity index (χ3n) is 10.5. The van der Waals surface area contributed by atoms with Crippen molar-refractivity contribution in [1.29, 1.82) is 0 Å². The summed E-state index contributed by atoms with van der Waals surface area (Å²) in [5.74, 6) is 2.32. The SMILES string of the molecule is CN(C)CCONCC1CC[C@@]2(O)[C@@H]3CCC4CC(OCCN)CC[C@]4(C)[C@@H]3CC[C@]12C. The number of nitrogens with one attached hydrogen (secondary N) is 1. The highest BCUT2D eigenvalue weighted by atomic mass is 16.6. The minimum atomic E-state index is -0.521. The molecule has 6 heteroatoms. The average molecular weight is 452 g/mol. The average Bonchev–Trinajstić information content (AvgIpc) is 3.02. The Labute approximate surface area is 195 Å². The summed E-state index contributed by atoms with van der Waals surface area (Å²) < 4.78 is 6.05. The monoisotopic (exact) mass is 451 g/mol. The molecule has 0 aromatic carbocycles. The van der Waals surface area contributed by atoms with Crippen molar-refractivity contribution in [3.8, 4) is 0 Å². The summed E-state index contributed by atoms with van der Waals surface area (Å²) in [4.78, 5) is 7.83. The first kappa shape index (κ1) is 24.9. The summed E-state index contributed by atoms with van der Waals surface area (Å²) in [5.41, 5.74) is 8.74. The molecule has 32 heavy (non-hydrogen) atoms. The first-order valence-electron chi connectivity index (χ1n) is 13.3. The summed E-state index contributed by atoms with van der Waals surface area (Å²) in [6.07, 6.45) is 10.9. The third kappa shape index (κ3) is 4.29. The Balaban J connectivity index is 1.40. The maximum Gasteiger partial charge on any atom is 0.0809 e. The lowest BCUT2D eigenvalue weighted by molar-refractivity contribution is -0.212. The molecule has 4 aliphatic rings. The molecule has 0 heterocycles. The highest BCUT2D eigenvalue weighted by molar-refractivity contribution is 5.16. The van der Waals surface area contributed by atoms with Crippen LogP contribution < -0.4 is 11.2 Å². The normalized spacial score (nSPS) is 46.0. The topological polar surface area (TPSA) is 80.0 Å². The van der Waals surface area contributed by atoms with E-state index in [0.717, 1.165) is 44.7 Å². The van der Waals surface area contributed by atoms with E-state index in [1.165, 1.54) is 32.1 Å². The first-order chi connectivity index (χ1) is 15.2. The second-order valence-corrected chi connectivity index (χ2v) is 12.2. The Morgan fingerprint density at radius 1 is 1.00 bits per heavy atom. The molecule has 0 bridgehead atoms. The summed E-state index contributed by atoms with van der Waals surface area (Å²) in [6, 6.07) is 0. The van der Waals surface area contributed by atoms with Crippen molar-refractivity contribution >= 4 is 0 Å². The fraction of sp³-hybridized carbons (Fsp3) is 1.00. The lowest BCUT2D eigenvalue weighted by Gasteiger charge is -2.63. The number of fused-ring (bicyclic) bond motifs is 5. The van der Waals surface area contributed by atoms with Crippen LogP contribution in [0.1, 0.15) is 71.6 Å². The zero-order valence-electron chi connectivity index (χ0n) is 21.1. The minimum absolute atomic E-state index is 0.00326. The fourth-order valence-electron chi connectivity index (χ4n) is 8.47. The summed E-state index contributed by atoms with van der Waals surface area (Å²) >= 11 is 0. The van der Waals surface area contributed by atoms with Crippen molar-refractivity contribution in [2.45, 2.75) is 83.3 Å². The van der Waals surface area contributed by atoms with E-state index < -0.39 is 5.60 Å². The van der Waals surface area contributed by atoms with Crippen LogP contribution in [0.3, 0.4) is 0 Å². The number of rotatable bonds is 9. The van der Waals surface area contributed by atoms with Crippen LogP contribution in [0.15, 0.2) is 0 Å². The van der Waals surface area contributed by atoms with Gasteiger partial charge in [-0.1, -0.05) is 13.8 Å². The van der Waals surface area contributed by atoms with Crippen LogP contribution in [0.5, 0.6) is 0 Å². The number of hydroxylamine groups is 1. The number of nitrogens with zero attached hydrogens (tertiary/aromatic N) is 1. The van der Waals surface area contributed by atoms with E-state index in [4.69, 9.17) is 15.3 Å². The van der Waals surface area contributed by atoms with Crippen molar-refractivity contribution in [3.63, 3.8) is 0 Å². The van der Waals surface area contributed by atoms with Crippen LogP contribution in [0.2, 0.25) is 0 Å². The van der Waals surface area contributed by atoms with Crippen LogP contribution >= 0.6 is 0 Å². The van der Waals surface area contributed by atoms with E-state index in [0.29, 0.717) is 49.0 Å². The van der Waals surface area contributed by atoms with Gasteiger partial charge in [-0.3, -0.25) is 0 Å². The molecule has 4 N–H and O–H groups in total. The molecule has 186 valence electrons. The minimum Gasteiger partial charge on any atom is -0.389 e. The second-order valence-electron chi connectivity index (χ2n) is 12.2. The molecule has 0 amide bonds. The Hall–Kier alpha value is -0.240. The molecule has 4 saturated carbocycles. The number of hydrogen-bond donors (Lipinski definition) is 3. The number of likely N-dealkylation sites (N-methyl/N-ethyl adjacent to an activating group) is 1. The van der Waals surface area contributed by atoms with Crippen LogP contribution in [-0.4, -0.2) is 68.7 Å². The molecule has 0 spiro atoms. The first-order valence-corrected chi connectivity index (χ1v) is 13.3. The van der Waals surface area contributed by atoms with Gasteiger partial charge in [-0.15, -0.1) is 0 Å². The number of aliphatic hydroxyl groups is 1. The summed E-state index contributed by atoms with van der Waals surface area (Å²) in [7, 11) is 4.13. The van der Waals surface area contributed by atoms with Gasteiger partial charge in [0.2, 0.25) is 0 Å². The van der Waals surface area contributed by atoms with Gasteiger partial charge in [0.1, 0.15) is 0 Å². The van der Waals surface area contributed by atoms with Gasteiger partial charge in [0.05, 0.1) is 24.9 Å². The van der Waals surface area contributed by atoms with Crippen LogP contribution in [0, 0.1) is 34.5 Å². The Bertz CT molecular complexity index is 633. The smallest absolute Gasteiger partial charge is 0.0809 e. The lowest BCUT2D eigenvalue weighted by Crippen LogP contribution is -2.62. The highest BCUT2D eigenvalue weighted by Crippen LogP contribution is 2.68. The molecule has 4 fully saturated rings. The van der Waals surface area contributed by atoms with Crippen LogP contribution in [-0.2, 0) is 9.57 Å². The van der Waals surface area contributed by atoms with E-state index in [1.54, 1.807) is 0 Å². The fourth-order valence-corrected chi connectivity index (χ4v) is 8.47. The van der Waals surface area contributed by atoms with Crippen molar-refractivity contribution in [2.75, 3.05) is 46.9 Å². The standard InChI is InChI=1S/C26H49N3O3/c1-24-10-8-21(31-15-13-27)17-19(24)5-6-23-22(24)9-11-25(2)20(7-12-26(23,25)30)18-28-32-16-14-29(3)4/h19-23,28,30H,5-18,27H2,1-4H3/t19?,20?,21?,22-,23-,24+,25-,26-/m1/s1. The van der Waals surface area contributed by atoms with E-state index in [-0.39, 0.29) is 5.41 Å². The number of ether oxygens (including phenoxy) is 1. The highest BCUT2D eigenvalue weighted by Gasteiger charge is 2.67. The van der Waals surface area contributed by atoms with Gasteiger partial charge in [0.15, 0.2) is 0 Å². The predicted molar refractivity (Wildman–Crippen MR) is 128 cm³/mol. The molecule has 4 aliphatic carbocycles. The molecule has 0 saturated heterocycles. The summed E-state index contributed by atoms with van der Waals surface area (Å²) in [5, 5.41) is 12.3. The van der Waals surface area contributed by atoms with E-state index in [9.17, 15) is 5.11 Å². The van der Waals surface area contributed by atoms with Crippen molar-refractivity contribution in [1.82, 2.24) is 10.4 Å². The molecule has 0 aromatic rings. The molecular weight excluding hydrogens is 402 g/mol. The Morgan fingerprint density at radius 3 is 2.56 bits per heavy atom. The summed E-state index contributed by atoms with van der Waals surface area (Å²) in [6.45, 7) is 8.70. The number of hydrogen-bond acceptors (Lipinski definition) is 6. The van der Waals surface area contributed by atoms with E-state index in [2.05, 4.69) is 38.3 Å². The Kier molecular flexibility index (Phi) is 7.61. The quantitative estimate of drug-likeness (QED) is 0.369. The zero-order valence-corrected chi connectivity index (χ0v) is 21.1. The van der Waals surface area contributed by atoms with Gasteiger partial charge in [-0.05, 0) is 101 Å². The van der Waals surface area contributed by atoms with E-state index >= 15 is 0 Å². The van der Waals surface area contributed by atoms with Gasteiger partial charge >= 0.3 is 0 Å². The van der Waals surface area contributed by atoms with Gasteiger partial charge in [0, 0.05) is 25.0 Å². The molecule has 4 rings (SSSR count).